The van der Waals surface area contributed by atoms with Crippen LogP contribution in [0.1, 0.15) is 12.8 Å². The number of hydrogen-bond donors (Lipinski definition) is 13. The lowest BCUT2D eigenvalue weighted by atomic mass is 9.83. The molecule has 0 spiro atoms. The Morgan fingerprint density at radius 1 is 0.850 bits per heavy atom. The fourth-order valence-corrected chi connectivity index (χ4v) is 5.07. The molecule has 234 valence electrons. The van der Waals surface area contributed by atoms with Gasteiger partial charge in [-0.25, -0.2) is 0 Å². The Kier molecular flexibility index (Phi) is 11.9. The molecule has 0 aromatic rings. The van der Waals surface area contributed by atoms with Gasteiger partial charge in [0.2, 0.25) is 5.91 Å². The fourth-order valence-electron chi connectivity index (χ4n) is 5.07. The molecule has 3 aliphatic rings. The van der Waals surface area contributed by atoms with Crippen LogP contribution in [0, 0.1) is 0 Å². The number of amides is 1. The van der Waals surface area contributed by atoms with Crippen LogP contribution in [0.3, 0.4) is 0 Å². The van der Waals surface area contributed by atoms with Gasteiger partial charge in [0.1, 0.15) is 67.1 Å². The number of carbonyl (C=O) groups excluding carboxylic acids is 1. The van der Waals surface area contributed by atoms with Crippen molar-refractivity contribution in [3.63, 3.8) is 0 Å². The van der Waals surface area contributed by atoms with E-state index in [1.54, 1.807) is 0 Å². The van der Waals surface area contributed by atoms with E-state index in [4.69, 9.17) is 41.9 Å². The van der Waals surface area contributed by atoms with Gasteiger partial charge in [-0.05, 0) is 19.4 Å². The molecule has 0 bridgehead atoms. The summed E-state index contributed by atoms with van der Waals surface area (Å²) in [5.41, 5.74) is 23.1. The van der Waals surface area contributed by atoms with Gasteiger partial charge >= 0.3 is 0 Å². The lowest BCUT2D eigenvalue weighted by Crippen LogP contribution is -2.69. The standard InChI is InChI=1S/C22H43N5O13/c23-2-1-8(29)20(36)27-7-3-6(25)18(39-22-16(34)15(33)13(31)9(4-24)37-22)17(35)19(7)40-21-14(32)11(26)12(30)10(5-28)38-21/h6-19,21-22,28-35H,1-5,23-26H2,(H,27,36)/t6-,7-,8+,9+,10+,11-,12-,13-,14-,15-,16-,17+,18-,19-,21-,22-/m1/s1. The van der Waals surface area contributed by atoms with Crippen LogP contribution in [0.25, 0.3) is 0 Å². The van der Waals surface area contributed by atoms with Gasteiger partial charge in [0.05, 0.1) is 18.7 Å². The molecule has 2 saturated heterocycles. The number of nitrogens with one attached hydrogen (secondary N) is 1. The van der Waals surface area contributed by atoms with Crippen molar-refractivity contribution in [2.45, 2.75) is 111 Å². The molecule has 0 unspecified atom stereocenters. The molecular weight excluding hydrogens is 542 g/mol. The van der Waals surface area contributed by atoms with E-state index < -0.39 is 110 Å². The second-order valence-corrected chi connectivity index (χ2v) is 10.3. The number of carbonyl (C=O) groups is 1. The molecule has 0 radical (unpaired) electrons. The molecule has 3 rings (SSSR count). The molecule has 2 heterocycles. The second-order valence-electron chi connectivity index (χ2n) is 10.3. The van der Waals surface area contributed by atoms with Crippen LogP contribution in [0.2, 0.25) is 0 Å². The SMILES string of the molecule is NCC[C@H](O)C(=O)N[C@@H]1C[C@@H](N)[C@@H](O[C@H]2O[C@@H](CN)[C@@H](O)[C@@H](O)[C@H]2O)[C@H](O)[C@@H]1O[C@H]1O[C@@H](CO)[C@@H](O)[C@@H](N)[C@H]1O. The molecular formula is C22H43N5O13. The third-order valence-corrected chi connectivity index (χ3v) is 7.51. The molecule has 18 nitrogen and oxygen atoms in total. The molecule has 2 aliphatic heterocycles. The molecule has 1 aliphatic carbocycles. The Bertz CT molecular complexity index is 815. The van der Waals surface area contributed by atoms with Crippen molar-refractivity contribution in [1.29, 1.82) is 0 Å². The van der Waals surface area contributed by atoms with Crippen molar-refractivity contribution in [3.8, 4) is 0 Å². The third-order valence-electron chi connectivity index (χ3n) is 7.51. The van der Waals surface area contributed by atoms with Gasteiger partial charge in [-0.1, -0.05) is 0 Å². The molecule has 0 aromatic carbocycles. The molecule has 1 saturated carbocycles. The Labute approximate surface area is 229 Å². The van der Waals surface area contributed by atoms with Crippen molar-refractivity contribution in [3.05, 3.63) is 0 Å². The zero-order valence-corrected chi connectivity index (χ0v) is 21.7. The van der Waals surface area contributed by atoms with Crippen LogP contribution < -0.4 is 28.3 Å². The Balaban J connectivity index is 1.85. The van der Waals surface area contributed by atoms with Gasteiger partial charge < -0.3 is 88.1 Å². The van der Waals surface area contributed by atoms with E-state index in [1.807, 2.05) is 0 Å². The van der Waals surface area contributed by atoms with E-state index in [1.165, 1.54) is 0 Å². The van der Waals surface area contributed by atoms with Crippen LogP contribution in [-0.4, -0.2) is 164 Å². The minimum Gasteiger partial charge on any atom is -0.394 e. The first-order valence-corrected chi connectivity index (χ1v) is 13.1. The van der Waals surface area contributed by atoms with Crippen molar-refractivity contribution >= 4 is 5.91 Å². The molecule has 3 fully saturated rings. The second kappa shape index (κ2) is 14.3. The quantitative estimate of drug-likeness (QED) is 0.113. The number of ether oxygens (including phenoxy) is 4. The van der Waals surface area contributed by atoms with Crippen LogP contribution >= 0.6 is 0 Å². The van der Waals surface area contributed by atoms with E-state index in [0.29, 0.717) is 0 Å². The highest BCUT2D eigenvalue weighted by Gasteiger charge is 2.52. The zero-order valence-electron chi connectivity index (χ0n) is 21.7. The van der Waals surface area contributed by atoms with Crippen LogP contribution in [0.5, 0.6) is 0 Å². The Hall–Kier alpha value is -1.17. The van der Waals surface area contributed by atoms with E-state index >= 15 is 0 Å². The molecule has 16 atom stereocenters. The Morgan fingerprint density at radius 3 is 2.05 bits per heavy atom. The average Bonchev–Trinajstić information content (AvgIpc) is 2.92. The van der Waals surface area contributed by atoms with Crippen molar-refractivity contribution in [2.75, 3.05) is 19.7 Å². The van der Waals surface area contributed by atoms with E-state index in [2.05, 4.69) is 5.32 Å². The number of aliphatic hydroxyl groups excluding tert-OH is 8. The first-order chi connectivity index (χ1) is 18.9. The smallest absolute Gasteiger partial charge is 0.249 e. The van der Waals surface area contributed by atoms with Gasteiger partial charge in [-0.3, -0.25) is 4.79 Å². The highest BCUT2D eigenvalue weighted by atomic mass is 16.7. The molecule has 18 heteroatoms. The van der Waals surface area contributed by atoms with E-state index in [9.17, 15) is 45.6 Å². The van der Waals surface area contributed by atoms with Crippen molar-refractivity contribution < 1.29 is 64.6 Å². The van der Waals surface area contributed by atoms with Crippen LogP contribution in [0.15, 0.2) is 0 Å². The highest BCUT2D eigenvalue weighted by molar-refractivity contribution is 5.80. The fraction of sp³-hybridized carbons (Fsp3) is 0.955. The molecule has 1 amide bonds. The lowest BCUT2D eigenvalue weighted by molar-refractivity contribution is -0.332. The van der Waals surface area contributed by atoms with Gasteiger partial charge in [0, 0.05) is 12.6 Å². The van der Waals surface area contributed by atoms with Crippen LogP contribution in [-0.2, 0) is 23.7 Å². The third kappa shape index (κ3) is 7.06. The summed E-state index contributed by atoms with van der Waals surface area (Å²) in [7, 11) is 0. The number of aliphatic hydroxyl groups is 8. The molecule has 17 N–H and O–H groups in total. The summed E-state index contributed by atoms with van der Waals surface area (Å²) in [6.07, 6.45) is -19.8. The Morgan fingerprint density at radius 2 is 1.45 bits per heavy atom. The van der Waals surface area contributed by atoms with Crippen molar-refractivity contribution in [2.24, 2.45) is 22.9 Å². The topological polar surface area (TPSA) is 332 Å². The van der Waals surface area contributed by atoms with E-state index in [-0.39, 0.29) is 25.9 Å². The van der Waals surface area contributed by atoms with Gasteiger partial charge in [-0.15, -0.1) is 0 Å². The molecule has 40 heavy (non-hydrogen) atoms. The van der Waals surface area contributed by atoms with E-state index in [0.717, 1.165) is 0 Å². The maximum Gasteiger partial charge on any atom is 0.249 e. The summed E-state index contributed by atoms with van der Waals surface area (Å²) in [6, 6.07) is -3.45. The molecule has 0 aromatic heterocycles. The summed E-state index contributed by atoms with van der Waals surface area (Å²) in [5.74, 6) is -0.845. The minimum absolute atomic E-state index is 0.0101. The zero-order chi connectivity index (χ0) is 29.9. The largest absolute Gasteiger partial charge is 0.394 e. The predicted octanol–water partition coefficient (Wildman–Crippen LogP) is -8.42. The average molecular weight is 586 g/mol. The lowest BCUT2D eigenvalue weighted by Gasteiger charge is -2.49. The summed E-state index contributed by atoms with van der Waals surface area (Å²) in [5, 5.41) is 84.9. The number of hydrogen-bond acceptors (Lipinski definition) is 17. The normalized spacial score (nSPS) is 47.0. The summed E-state index contributed by atoms with van der Waals surface area (Å²) >= 11 is 0. The summed E-state index contributed by atoms with van der Waals surface area (Å²) in [6.45, 7) is -0.898. The predicted molar refractivity (Wildman–Crippen MR) is 131 cm³/mol. The summed E-state index contributed by atoms with van der Waals surface area (Å²) in [4.78, 5) is 12.6. The van der Waals surface area contributed by atoms with Gasteiger partial charge in [0.15, 0.2) is 12.6 Å². The number of nitrogens with two attached hydrogens (primary N) is 4. The highest BCUT2D eigenvalue weighted by Crippen LogP contribution is 2.32. The monoisotopic (exact) mass is 585 g/mol. The van der Waals surface area contributed by atoms with Crippen LogP contribution in [0.4, 0.5) is 0 Å². The number of rotatable bonds is 10. The van der Waals surface area contributed by atoms with Crippen molar-refractivity contribution in [1.82, 2.24) is 5.32 Å². The maximum atomic E-state index is 12.6. The van der Waals surface area contributed by atoms with Gasteiger partial charge in [0.25, 0.3) is 0 Å². The first-order valence-electron chi connectivity index (χ1n) is 13.1. The van der Waals surface area contributed by atoms with Gasteiger partial charge in [-0.2, -0.15) is 0 Å². The summed E-state index contributed by atoms with van der Waals surface area (Å²) < 4.78 is 22.5. The maximum absolute atomic E-state index is 12.6. The minimum atomic E-state index is -1.76. The first kappa shape index (κ1) is 33.3.